The van der Waals surface area contributed by atoms with E-state index in [1.807, 2.05) is 30.3 Å². The van der Waals surface area contributed by atoms with Gasteiger partial charge in [0.05, 0.1) is 13.7 Å². The number of methoxy groups -OCH3 is 1. The van der Waals surface area contributed by atoms with Crippen LogP contribution in [0.5, 0.6) is 11.5 Å². The predicted octanol–water partition coefficient (Wildman–Crippen LogP) is 3.57. The molecule has 0 bridgehead atoms. The quantitative estimate of drug-likeness (QED) is 0.365. The van der Waals surface area contributed by atoms with Crippen LogP contribution in [0, 0.1) is 11.8 Å². The van der Waals surface area contributed by atoms with Crippen molar-refractivity contribution in [1.82, 2.24) is 0 Å². The van der Waals surface area contributed by atoms with Crippen LogP contribution in [0.1, 0.15) is 12.5 Å². The number of esters is 1. The van der Waals surface area contributed by atoms with Gasteiger partial charge in [-0.2, -0.15) is 0 Å². The first-order valence-corrected chi connectivity index (χ1v) is 7.48. The summed E-state index contributed by atoms with van der Waals surface area (Å²) < 4.78 is 15.6. The molecular formula is C20H18O4. The maximum atomic E-state index is 12.0. The van der Waals surface area contributed by atoms with Crippen LogP contribution in [0.3, 0.4) is 0 Å². The van der Waals surface area contributed by atoms with E-state index in [0.717, 1.165) is 11.3 Å². The lowest BCUT2D eigenvalue weighted by atomic mass is 10.2. The molecule has 0 aromatic heterocycles. The minimum Gasteiger partial charge on any atom is -0.497 e. The van der Waals surface area contributed by atoms with Gasteiger partial charge in [-0.15, -0.1) is 0 Å². The Hall–Kier alpha value is -3.19. The van der Waals surface area contributed by atoms with Gasteiger partial charge in [0, 0.05) is 5.56 Å². The van der Waals surface area contributed by atoms with Crippen LogP contribution in [-0.2, 0) is 9.53 Å². The minimum absolute atomic E-state index is 0.150. The Labute approximate surface area is 141 Å². The average molecular weight is 322 g/mol. The van der Waals surface area contributed by atoms with Crippen LogP contribution in [0.15, 0.2) is 66.4 Å². The number of hydrogen-bond donors (Lipinski definition) is 0. The molecule has 0 aliphatic carbocycles. The first-order chi connectivity index (χ1) is 11.7. The number of carbonyl (C=O) groups excluding carboxylic acids is 1. The summed E-state index contributed by atoms with van der Waals surface area (Å²) in [6.07, 6.45) is 1.31. The van der Waals surface area contributed by atoms with Gasteiger partial charge in [-0.3, -0.25) is 0 Å². The van der Waals surface area contributed by atoms with Crippen molar-refractivity contribution in [2.75, 3.05) is 13.7 Å². The molecule has 0 amide bonds. The van der Waals surface area contributed by atoms with Crippen LogP contribution in [0.4, 0.5) is 0 Å². The maximum Gasteiger partial charge on any atom is 0.349 e. The summed E-state index contributed by atoms with van der Waals surface area (Å²) in [5, 5.41) is 0. The molecule has 0 heterocycles. The molecule has 2 aromatic carbocycles. The van der Waals surface area contributed by atoms with Crippen LogP contribution in [-0.4, -0.2) is 19.7 Å². The van der Waals surface area contributed by atoms with E-state index >= 15 is 0 Å². The van der Waals surface area contributed by atoms with Crippen molar-refractivity contribution in [3.63, 3.8) is 0 Å². The molecule has 0 aliphatic heterocycles. The van der Waals surface area contributed by atoms with Crippen molar-refractivity contribution >= 4 is 5.97 Å². The number of benzene rings is 2. The highest BCUT2D eigenvalue weighted by Gasteiger charge is 2.08. The van der Waals surface area contributed by atoms with Crippen LogP contribution in [0.25, 0.3) is 0 Å². The van der Waals surface area contributed by atoms with Gasteiger partial charge in [-0.1, -0.05) is 30.0 Å². The van der Waals surface area contributed by atoms with Gasteiger partial charge >= 0.3 is 5.97 Å². The molecule has 2 aromatic rings. The Morgan fingerprint density at radius 3 is 2.38 bits per heavy atom. The van der Waals surface area contributed by atoms with Gasteiger partial charge in [-0.05, 0) is 43.3 Å². The third kappa shape index (κ3) is 5.22. The monoisotopic (exact) mass is 322 g/mol. The molecule has 0 N–H and O–H groups in total. The number of carbonyl (C=O) groups is 1. The summed E-state index contributed by atoms with van der Waals surface area (Å²) in [4.78, 5) is 12.0. The average Bonchev–Trinajstić information content (AvgIpc) is 2.63. The molecule has 122 valence electrons. The molecule has 0 radical (unpaired) electrons. The zero-order valence-electron chi connectivity index (χ0n) is 13.6. The fraction of sp³-hybridized carbons (Fsp3) is 0.150. The third-order valence-electron chi connectivity index (χ3n) is 2.98. The molecule has 4 nitrogen and oxygen atoms in total. The van der Waals surface area contributed by atoms with Gasteiger partial charge in [0.2, 0.25) is 0 Å². The zero-order chi connectivity index (χ0) is 17.2. The SMILES string of the molecule is CCOC(=O)C(C#Cc1ccc(OC)cc1)=COc1ccccc1. The van der Waals surface area contributed by atoms with E-state index in [1.54, 1.807) is 38.3 Å². The smallest absolute Gasteiger partial charge is 0.349 e. The molecule has 0 aliphatic rings. The molecule has 24 heavy (non-hydrogen) atoms. The summed E-state index contributed by atoms with van der Waals surface area (Å²) in [6, 6.07) is 16.4. The molecule has 2 rings (SSSR count). The Morgan fingerprint density at radius 2 is 1.75 bits per heavy atom. The first-order valence-electron chi connectivity index (χ1n) is 7.48. The summed E-state index contributed by atoms with van der Waals surface area (Å²) in [7, 11) is 1.60. The lowest BCUT2D eigenvalue weighted by Gasteiger charge is -2.03. The lowest BCUT2D eigenvalue weighted by Crippen LogP contribution is -2.07. The van der Waals surface area contributed by atoms with Crippen LogP contribution < -0.4 is 9.47 Å². The van der Waals surface area contributed by atoms with Crippen molar-refractivity contribution < 1.29 is 19.0 Å². The highest BCUT2D eigenvalue weighted by Crippen LogP contribution is 2.12. The molecule has 0 fully saturated rings. The summed E-state index contributed by atoms with van der Waals surface area (Å²) in [5.41, 5.74) is 0.905. The van der Waals surface area contributed by atoms with Crippen molar-refractivity contribution in [3.8, 4) is 23.3 Å². The highest BCUT2D eigenvalue weighted by molar-refractivity contribution is 5.93. The second-order valence-electron chi connectivity index (χ2n) is 4.66. The molecule has 0 spiro atoms. The first kappa shape index (κ1) is 17.2. The number of para-hydroxylation sites is 1. The maximum absolute atomic E-state index is 12.0. The van der Waals surface area contributed by atoms with Crippen LogP contribution in [0.2, 0.25) is 0 Å². The Kier molecular flexibility index (Phi) is 6.48. The molecule has 0 saturated heterocycles. The largest absolute Gasteiger partial charge is 0.497 e. The fourth-order valence-electron chi connectivity index (χ4n) is 1.78. The minimum atomic E-state index is -0.519. The molecule has 0 unspecified atom stereocenters. The van der Waals surface area contributed by atoms with Crippen molar-refractivity contribution in [1.29, 1.82) is 0 Å². The number of rotatable bonds is 5. The normalized spacial score (nSPS) is 10.3. The van der Waals surface area contributed by atoms with E-state index in [4.69, 9.17) is 14.2 Å². The number of ether oxygens (including phenoxy) is 3. The highest BCUT2D eigenvalue weighted by atomic mass is 16.5. The summed E-state index contributed by atoms with van der Waals surface area (Å²) in [6.45, 7) is 2.01. The Balaban J connectivity index is 2.19. The van der Waals surface area contributed by atoms with E-state index < -0.39 is 5.97 Å². The lowest BCUT2D eigenvalue weighted by molar-refractivity contribution is -0.138. The van der Waals surface area contributed by atoms with Crippen molar-refractivity contribution in [2.45, 2.75) is 6.92 Å². The van der Waals surface area contributed by atoms with Crippen molar-refractivity contribution in [3.05, 3.63) is 72.0 Å². The third-order valence-corrected chi connectivity index (χ3v) is 2.98. The van der Waals surface area contributed by atoms with E-state index in [0.29, 0.717) is 5.75 Å². The predicted molar refractivity (Wildman–Crippen MR) is 91.7 cm³/mol. The standard InChI is InChI=1S/C20H18O4/c1-3-23-20(21)17(15-24-19-7-5-4-6-8-19)12-9-16-10-13-18(22-2)14-11-16/h4-8,10-11,13-15H,3H2,1-2H3. The van der Waals surface area contributed by atoms with Crippen molar-refractivity contribution in [2.24, 2.45) is 0 Å². The topological polar surface area (TPSA) is 44.8 Å². The fourth-order valence-corrected chi connectivity index (χ4v) is 1.78. The van der Waals surface area contributed by atoms with Gasteiger partial charge in [0.15, 0.2) is 0 Å². The summed E-state index contributed by atoms with van der Waals surface area (Å²) >= 11 is 0. The Bertz CT molecular complexity index is 750. The second kappa shape index (κ2) is 9.06. The molecule has 0 saturated carbocycles. The molecule has 0 atom stereocenters. The van der Waals surface area contributed by atoms with E-state index in [1.165, 1.54) is 6.26 Å². The number of hydrogen-bond acceptors (Lipinski definition) is 4. The van der Waals surface area contributed by atoms with Gasteiger partial charge in [-0.25, -0.2) is 4.79 Å². The van der Waals surface area contributed by atoms with Gasteiger partial charge in [0.25, 0.3) is 0 Å². The summed E-state index contributed by atoms with van der Waals surface area (Å²) in [5.74, 6) is 6.56. The second-order valence-corrected chi connectivity index (χ2v) is 4.66. The van der Waals surface area contributed by atoms with E-state index in [9.17, 15) is 4.79 Å². The van der Waals surface area contributed by atoms with Crippen LogP contribution >= 0.6 is 0 Å². The van der Waals surface area contributed by atoms with Gasteiger partial charge in [0.1, 0.15) is 23.3 Å². The van der Waals surface area contributed by atoms with E-state index in [-0.39, 0.29) is 12.2 Å². The molecule has 4 heteroatoms. The Morgan fingerprint density at radius 1 is 1.04 bits per heavy atom. The van der Waals surface area contributed by atoms with Gasteiger partial charge < -0.3 is 14.2 Å². The zero-order valence-corrected chi connectivity index (χ0v) is 13.6. The molecular weight excluding hydrogens is 304 g/mol. The van der Waals surface area contributed by atoms with E-state index in [2.05, 4.69) is 11.8 Å².